The summed E-state index contributed by atoms with van der Waals surface area (Å²) >= 11 is 0. The molecule has 98 valence electrons. The number of carbonyl (C=O) groups is 1. The number of carbonyl (C=O) groups excluding carboxylic acids is 1. The van der Waals surface area contributed by atoms with Gasteiger partial charge in [-0.1, -0.05) is 18.2 Å². The van der Waals surface area contributed by atoms with Crippen molar-refractivity contribution in [3.8, 4) is 5.69 Å². The maximum atomic E-state index is 12.6. The predicted molar refractivity (Wildman–Crippen MR) is 74.7 cm³/mol. The molecule has 3 heterocycles. The second-order valence-electron chi connectivity index (χ2n) is 4.91. The van der Waals surface area contributed by atoms with Crippen molar-refractivity contribution in [3.63, 3.8) is 0 Å². The Balaban J connectivity index is 2.14. The van der Waals surface area contributed by atoms with Gasteiger partial charge in [-0.15, -0.1) is 0 Å². The number of nitrogens with zero attached hydrogens (tertiary/aromatic N) is 4. The first-order valence-electron chi connectivity index (χ1n) is 6.43. The average Bonchev–Trinajstić information content (AvgIpc) is 2.81. The van der Waals surface area contributed by atoms with Crippen LogP contribution in [0, 0.1) is 0 Å². The fourth-order valence-electron chi connectivity index (χ4n) is 2.63. The molecule has 0 aliphatic carbocycles. The Morgan fingerprint density at radius 1 is 1.15 bits per heavy atom. The van der Waals surface area contributed by atoms with Gasteiger partial charge in [0.25, 0.3) is 5.91 Å². The highest BCUT2D eigenvalue weighted by Gasteiger charge is 2.27. The summed E-state index contributed by atoms with van der Waals surface area (Å²) in [6, 6.07) is 11.5. The second kappa shape index (κ2) is 3.90. The number of pyridine rings is 1. The summed E-state index contributed by atoms with van der Waals surface area (Å²) in [7, 11) is 1.79. The molecule has 0 spiro atoms. The zero-order valence-corrected chi connectivity index (χ0v) is 10.9. The highest BCUT2D eigenvalue weighted by atomic mass is 16.2. The zero-order chi connectivity index (χ0) is 13.7. The van der Waals surface area contributed by atoms with Crippen LogP contribution in [-0.2, 0) is 6.54 Å². The van der Waals surface area contributed by atoms with Gasteiger partial charge in [-0.05, 0) is 18.2 Å². The minimum absolute atomic E-state index is 0.0308. The van der Waals surface area contributed by atoms with Gasteiger partial charge in [-0.25, -0.2) is 4.68 Å². The molecular formula is C15H12N4O. The summed E-state index contributed by atoms with van der Waals surface area (Å²) in [4.78, 5) is 18.7. The van der Waals surface area contributed by atoms with E-state index >= 15 is 0 Å². The molecule has 1 aliphatic heterocycles. The molecule has 1 amide bonds. The Morgan fingerprint density at radius 3 is 2.90 bits per heavy atom. The third-order valence-electron chi connectivity index (χ3n) is 3.61. The van der Waals surface area contributed by atoms with Gasteiger partial charge in [0.05, 0.1) is 23.4 Å². The largest absolute Gasteiger partial charge is 0.334 e. The highest BCUT2D eigenvalue weighted by molar-refractivity contribution is 6.05. The average molecular weight is 264 g/mol. The predicted octanol–water partition coefficient (Wildman–Crippen LogP) is 2.01. The number of fused-ring (bicyclic) bond motifs is 5. The molecule has 20 heavy (non-hydrogen) atoms. The van der Waals surface area contributed by atoms with Gasteiger partial charge in [-0.3, -0.25) is 9.78 Å². The Kier molecular flexibility index (Phi) is 2.18. The number of hydrogen-bond donors (Lipinski definition) is 0. The maximum absolute atomic E-state index is 12.6. The summed E-state index contributed by atoms with van der Waals surface area (Å²) in [6.07, 6.45) is 1.74. The van der Waals surface area contributed by atoms with Crippen molar-refractivity contribution in [2.45, 2.75) is 6.54 Å². The SMILES string of the molecule is CN1Cc2ncccc2-n2nc3ccccc3c2C1=O. The van der Waals surface area contributed by atoms with Crippen molar-refractivity contribution in [1.82, 2.24) is 19.7 Å². The monoisotopic (exact) mass is 264 g/mol. The van der Waals surface area contributed by atoms with E-state index in [0.29, 0.717) is 12.2 Å². The molecule has 5 heteroatoms. The molecule has 0 atom stereocenters. The third-order valence-corrected chi connectivity index (χ3v) is 3.61. The van der Waals surface area contributed by atoms with Crippen molar-refractivity contribution in [2.75, 3.05) is 7.05 Å². The van der Waals surface area contributed by atoms with E-state index in [9.17, 15) is 4.79 Å². The van der Waals surface area contributed by atoms with Crippen LogP contribution in [0.5, 0.6) is 0 Å². The quantitative estimate of drug-likeness (QED) is 0.624. The van der Waals surface area contributed by atoms with Gasteiger partial charge in [-0.2, -0.15) is 5.10 Å². The van der Waals surface area contributed by atoms with Crippen LogP contribution in [0.4, 0.5) is 0 Å². The van der Waals surface area contributed by atoms with Crippen molar-refractivity contribution < 1.29 is 4.79 Å². The molecule has 0 N–H and O–H groups in total. The minimum atomic E-state index is -0.0308. The Bertz CT molecular complexity index is 837. The van der Waals surface area contributed by atoms with E-state index in [1.807, 2.05) is 36.4 Å². The molecule has 0 bridgehead atoms. The lowest BCUT2D eigenvalue weighted by atomic mass is 10.2. The molecular weight excluding hydrogens is 252 g/mol. The normalized spacial score (nSPS) is 14.1. The van der Waals surface area contributed by atoms with Crippen molar-refractivity contribution in [3.05, 3.63) is 54.0 Å². The lowest BCUT2D eigenvalue weighted by molar-refractivity contribution is 0.0782. The van der Waals surface area contributed by atoms with E-state index < -0.39 is 0 Å². The molecule has 5 nitrogen and oxygen atoms in total. The first-order chi connectivity index (χ1) is 9.75. The van der Waals surface area contributed by atoms with Crippen molar-refractivity contribution in [2.24, 2.45) is 0 Å². The molecule has 1 aliphatic rings. The van der Waals surface area contributed by atoms with Crippen LogP contribution in [-0.4, -0.2) is 32.6 Å². The van der Waals surface area contributed by atoms with E-state index in [0.717, 1.165) is 22.3 Å². The first kappa shape index (κ1) is 11.2. The molecule has 0 fully saturated rings. The van der Waals surface area contributed by atoms with Crippen LogP contribution in [0.25, 0.3) is 16.6 Å². The van der Waals surface area contributed by atoms with Gasteiger partial charge in [0.15, 0.2) is 0 Å². The van der Waals surface area contributed by atoms with Crippen LogP contribution >= 0.6 is 0 Å². The topological polar surface area (TPSA) is 51.0 Å². The van der Waals surface area contributed by atoms with Crippen LogP contribution in [0.15, 0.2) is 42.6 Å². The summed E-state index contributed by atoms with van der Waals surface area (Å²) in [5.74, 6) is -0.0308. The van der Waals surface area contributed by atoms with E-state index in [1.165, 1.54) is 0 Å². The summed E-state index contributed by atoms with van der Waals surface area (Å²) in [6.45, 7) is 0.493. The molecule has 1 aromatic carbocycles. The summed E-state index contributed by atoms with van der Waals surface area (Å²) in [5, 5.41) is 5.44. The lowest BCUT2D eigenvalue weighted by Crippen LogP contribution is -2.25. The Morgan fingerprint density at radius 2 is 2.00 bits per heavy atom. The Hall–Kier alpha value is -2.69. The number of benzene rings is 1. The fraction of sp³-hybridized carbons (Fsp3) is 0.133. The highest BCUT2D eigenvalue weighted by Crippen LogP contribution is 2.27. The zero-order valence-electron chi connectivity index (χ0n) is 10.9. The molecule has 4 rings (SSSR count). The standard InChI is InChI=1S/C15H12N4O/c1-18-9-12-13(7-4-8-16-12)19-14(15(18)20)10-5-2-3-6-11(10)17-19/h2-8H,9H2,1H3. The third kappa shape index (κ3) is 1.40. The molecule has 0 saturated carbocycles. The van der Waals surface area contributed by atoms with Crippen LogP contribution in [0.2, 0.25) is 0 Å². The van der Waals surface area contributed by atoms with Crippen LogP contribution in [0.1, 0.15) is 16.2 Å². The molecule has 0 saturated heterocycles. The van der Waals surface area contributed by atoms with Gasteiger partial charge >= 0.3 is 0 Å². The Labute approximate surface area is 115 Å². The van der Waals surface area contributed by atoms with E-state index in [2.05, 4.69) is 10.1 Å². The summed E-state index contributed by atoms with van der Waals surface area (Å²) < 4.78 is 1.72. The summed E-state index contributed by atoms with van der Waals surface area (Å²) in [5.41, 5.74) is 3.15. The van der Waals surface area contributed by atoms with E-state index in [-0.39, 0.29) is 5.91 Å². The first-order valence-corrected chi connectivity index (χ1v) is 6.43. The minimum Gasteiger partial charge on any atom is -0.334 e. The molecule has 2 aromatic heterocycles. The van der Waals surface area contributed by atoms with Gasteiger partial charge in [0.2, 0.25) is 0 Å². The van der Waals surface area contributed by atoms with E-state index in [1.54, 1.807) is 22.8 Å². The van der Waals surface area contributed by atoms with Gasteiger partial charge in [0, 0.05) is 18.6 Å². The molecule has 3 aromatic rings. The number of hydrogen-bond acceptors (Lipinski definition) is 3. The van der Waals surface area contributed by atoms with Crippen LogP contribution < -0.4 is 0 Å². The number of amides is 1. The fourth-order valence-corrected chi connectivity index (χ4v) is 2.63. The molecule has 0 unspecified atom stereocenters. The van der Waals surface area contributed by atoms with E-state index in [4.69, 9.17) is 0 Å². The smallest absolute Gasteiger partial charge is 0.273 e. The lowest BCUT2D eigenvalue weighted by Gasteiger charge is -2.13. The van der Waals surface area contributed by atoms with Crippen molar-refractivity contribution >= 4 is 16.8 Å². The van der Waals surface area contributed by atoms with Gasteiger partial charge in [0.1, 0.15) is 5.69 Å². The van der Waals surface area contributed by atoms with Crippen molar-refractivity contribution in [1.29, 1.82) is 0 Å². The number of rotatable bonds is 0. The molecule has 0 radical (unpaired) electrons. The maximum Gasteiger partial charge on any atom is 0.273 e. The second-order valence-corrected chi connectivity index (χ2v) is 4.91. The van der Waals surface area contributed by atoms with Gasteiger partial charge < -0.3 is 4.90 Å². The van der Waals surface area contributed by atoms with Crippen LogP contribution in [0.3, 0.4) is 0 Å². The number of aromatic nitrogens is 3.